The summed E-state index contributed by atoms with van der Waals surface area (Å²) in [7, 11) is 1.48. The third kappa shape index (κ3) is 2.51. The molecule has 2 N–H and O–H groups in total. The molecule has 0 aromatic carbocycles. The second-order valence-corrected chi connectivity index (χ2v) is 10.8. The normalized spacial score (nSPS) is 49.4. The van der Waals surface area contributed by atoms with Gasteiger partial charge in [0.15, 0.2) is 5.78 Å². The van der Waals surface area contributed by atoms with E-state index in [0.717, 1.165) is 0 Å². The number of ether oxygens (including phenoxy) is 2. The zero-order valence-corrected chi connectivity index (χ0v) is 18.5. The van der Waals surface area contributed by atoms with Crippen LogP contribution < -0.4 is 0 Å². The molecule has 0 heterocycles. The van der Waals surface area contributed by atoms with Crippen molar-refractivity contribution in [1.82, 2.24) is 0 Å². The van der Waals surface area contributed by atoms with Gasteiger partial charge in [0.1, 0.15) is 11.9 Å². The van der Waals surface area contributed by atoms with Crippen molar-refractivity contribution in [3.05, 3.63) is 0 Å². The van der Waals surface area contributed by atoms with Gasteiger partial charge in [-0.2, -0.15) is 0 Å². The lowest BCUT2D eigenvalue weighted by Crippen LogP contribution is -2.69. The summed E-state index contributed by atoms with van der Waals surface area (Å²) < 4.78 is 10.8. The molecule has 4 fully saturated rings. The third-order valence-electron chi connectivity index (χ3n) is 9.31. The molecule has 4 saturated carbocycles. The highest BCUT2D eigenvalue weighted by Gasteiger charge is 2.77. The first-order valence-electron chi connectivity index (χ1n) is 11.0. The first-order valence-corrected chi connectivity index (χ1v) is 11.0. The Bertz CT molecular complexity index is 776. The zero-order valence-electron chi connectivity index (χ0n) is 18.5. The Morgan fingerprint density at radius 3 is 2.43 bits per heavy atom. The predicted molar refractivity (Wildman–Crippen MR) is 106 cm³/mol. The van der Waals surface area contributed by atoms with E-state index in [1.807, 2.05) is 13.8 Å². The maximum absolute atomic E-state index is 13.7. The van der Waals surface area contributed by atoms with Crippen LogP contribution in [0.1, 0.15) is 53.4 Å². The molecule has 0 radical (unpaired) electrons. The third-order valence-corrected chi connectivity index (χ3v) is 9.31. The molecule has 0 aromatic rings. The predicted octanol–water partition coefficient (Wildman–Crippen LogP) is 1.52. The van der Waals surface area contributed by atoms with Crippen LogP contribution in [-0.2, 0) is 23.9 Å². The first kappa shape index (κ1) is 21.9. The molecule has 0 amide bonds. The molecule has 7 nitrogen and oxygen atoms in total. The molecule has 0 aliphatic heterocycles. The number of esters is 1. The minimum absolute atomic E-state index is 0.0560. The van der Waals surface area contributed by atoms with Crippen LogP contribution >= 0.6 is 0 Å². The fourth-order valence-corrected chi connectivity index (χ4v) is 8.04. The van der Waals surface area contributed by atoms with E-state index >= 15 is 0 Å². The highest BCUT2D eigenvalue weighted by atomic mass is 16.5. The van der Waals surface area contributed by atoms with E-state index in [0.29, 0.717) is 19.3 Å². The van der Waals surface area contributed by atoms with E-state index in [-0.39, 0.29) is 42.6 Å². The van der Waals surface area contributed by atoms with Crippen molar-refractivity contribution < 1.29 is 34.1 Å². The van der Waals surface area contributed by atoms with Crippen molar-refractivity contribution in [2.24, 2.45) is 39.9 Å². The van der Waals surface area contributed by atoms with Crippen LogP contribution in [-0.4, -0.2) is 59.8 Å². The summed E-state index contributed by atoms with van der Waals surface area (Å²) in [5, 5.41) is 22.7. The van der Waals surface area contributed by atoms with Gasteiger partial charge < -0.3 is 19.7 Å². The van der Waals surface area contributed by atoms with Crippen LogP contribution in [0.25, 0.3) is 0 Å². The van der Waals surface area contributed by atoms with Crippen molar-refractivity contribution in [1.29, 1.82) is 0 Å². The van der Waals surface area contributed by atoms with Gasteiger partial charge in [0.25, 0.3) is 0 Å². The Morgan fingerprint density at radius 2 is 1.83 bits per heavy atom. The zero-order chi connectivity index (χ0) is 22.2. The monoisotopic (exact) mass is 422 g/mol. The summed E-state index contributed by atoms with van der Waals surface area (Å²) in [4.78, 5) is 38.4. The van der Waals surface area contributed by atoms with Crippen LogP contribution in [0.4, 0.5) is 0 Å². The standard InChI is InChI=1S/C23H34O7/c1-11(24)30-17-6-7-22(4)14(21(17,2)3)9-16(26)23-15(22)8-13(25)18(20(23)28)12(10-29-5)19(23)27/h12,14-18,20,26,28H,6-10H2,1-5H3/t12-,14-,15+,16-,17+,18-,20-,22-,23+/m1/s1. The number of hydrogen-bond donors (Lipinski definition) is 2. The number of fused-ring (bicyclic) bond motifs is 3. The summed E-state index contributed by atoms with van der Waals surface area (Å²) in [5.41, 5.74) is -2.18. The first-order chi connectivity index (χ1) is 13.9. The summed E-state index contributed by atoms with van der Waals surface area (Å²) in [6, 6.07) is 0. The smallest absolute Gasteiger partial charge is 0.302 e. The van der Waals surface area contributed by atoms with Gasteiger partial charge in [0.2, 0.25) is 0 Å². The molecule has 1 spiro atoms. The minimum atomic E-state index is -1.32. The molecule has 0 saturated heterocycles. The van der Waals surface area contributed by atoms with Gasteiger partial charge in [0.05, 0.1) is 36.1 Å². The van der Waals surface area contributed by atoms with E-state index < -0.39 is 46.2 Å². The fraction of sp³-hybridized carbons (Fsp3) is 0.870. The summed E-state index contributed by atoms with van der Waals surface area (Å²) in [6.45, 7) is 7.66. The Balaban J connectivity index is 1.80. The van der Waals surface area contributed by atoms with Crippen molar-refractivity contribution in [2.45, 2.75) is 71.7 Å². The number of hydrogen-bond acceptors (Lipinski definition) is 7. The number of carbonyl (C=O) groups excluding carboxylic acids is 3. The molecule has 0 unspecified atom stereocenters. The molecular weight excluding hydrogens is 388 g/mol. The molecular formula is C23H34O7. The highest BCUT2D eigenvalue weighted by molar-refractivity contribution is 6.01. The lowest BCUT2D eigenvalue weighted by Gasteiger charge is -2.65. The van der Waals surface area contributed by atoms with E-state index in [2.05, 4.69) is 6.92 Å². The minimum Gasteiger partial charge on any atom is -0.462 e. The number of aliphatic hydroxyl groups excluding tert-OH is 2. The molecule has 7 heteroatoms. The van der Waals surface area contributed by atoms with Crippen molar-refractivity contribution in [2.75, 3.05) is 13.7 Å². The lowest BCUT2D eigenvalue weighted by molar-refractivity contribution is -0.238. The van der Waals surface area contributed by atoms with Crippen LogP contribution in [0.3, 0.4) is 0 Å². The van der Waals surface area contributed by atoms with E-state index in [1.54, 1.807) is 0 Å². The Labute approximate surface area is 177 Å². The van der Waals surface area contributed by atoms with Crippen LogP contribution in [0.15, 0.2) is 0 Å². The second kappa shape index (κ2) is 6.84. The van der Waals surface area contributed by atoms with Crippen molar-refractivity contribution in [3.8, 4) is 0 Å². The molecule has 4 aliphatic rings. The topological polar surface area (TPSA) is 110 Å². The average molecular weight is 423 g/mol. The Morgan fingerprint density at radius 1 is 1.17 bits per heavy atom. The van der Waals surface area contributed by atoms with Crippen LogP contribution in [0.2, 0.25) is 0 Å². The van der Waals surface area contributed by atoms with E-state index in [4.69, 9.17) is 9.47 Å². The maximum atomic E-state index is 13.7. The van der Waals surface area contributed by atoms with Crippen LogP contribution in [0, 0.1) is 39.9 Å². The molecule has 0 aromatic heterocycles. The largest absolute Gasteiger partial charge is 0.462 e. The highest BCUT2D eigenvalue weighted by Crippen LogP contribution is 2.70. The maximum Gasteiger partial charge on any atom is 0.302 e. The molecule has 9 atom stereocenters. The fourth-order valence-electron chi connectivity index (χ4n) is 8.04. The van der Waals surface area contributed by atoms with Gasteiger partial charge in [0, 0.05) is 25.9 Å². The SMILES string of the molecule is COC[C@H]1C(=O)[C@@]23[C@H](O)C[C@@H]4C(C)(C)[C@@H](OC(C)=O)CC[C@@]4(C)[C@@H]2CC(=O)[C@@H]1[C@H]3O. The summed E-state index contributed by atoms with van der Waals surface area (Å²) in [6.07, 6.45) is -0.689. The number of carbonyl (C=O) groups is 3. The van der Waals surface area contributed by atoms with E-state index in [1.165, 1.54) is 14.0 Å². The van der Waals surface area contributed by atoms with Crippen molar-refractivity contribution >= 4 is 17.5 Å². The molecule has 168 valence electrons. The number of Topliss-reactive ketones (excluding diaryl/α,β-unsaturated/α-hetero) is 2. The molecule has 30 heavy (non-hydrogen) atoms. The average Bonchev–Trinajstić information content (AvgIpc) is 2.79. The lowest BCUT2D eigenvalue weighted by atomic mass is 9.39. The van der Waals surface area contributed by atoms with Gasteiger partial charge in [-0.25, -0.2) is 0 Å². The van der Waals surface area contributed by atoms with Crippen molar-refractivity contribution in [3.63, 3.8) is 0 Å². The van der Waals surface area contributed by atoms with Gasteiger partial charge in [-0.1, -0.05) is 20.8 Å². The van der Waals surface area contributed by atoms with Gasteiger partial charge >= 0.3 is 5.97 Å². The number of methoxy groups -OCH3 is 1. The summed E-state index contributed by atoms with van der Waals surface area (Å²) >= 11 is 0. The molecule has 4 aliphatic carbocycles. The molecule has 2 bridgehead atoms. The Kier molecular flexibility index (Phi) is 5.00. The quantitative estimate of drug-likeness (QED) is 0.664. The number of aliphatic hydroxyl groups is 2. The van der Waals surface area contributed by atoms with Gasteiger partial charge in [-0.3, -0.25) is 14.4 Å². The second-order valence-electron chi connectivity index (χ2n) is 10.8. The van der Waals surface area contributed by atoms with Crippen LogP contribution in [0.5, 0.6) is 0 Å². The molecule has 4 rings (SSSR count). The van der Waals surface area contributed by atoms with Gasteiger partial charge in [-0.15, -0.1) is 0 Å². The number of ketones is 2. The van der Waals surface area contributed by atoms with E-state index in [9.17, 15) is 24.6 Å². The Hall–Kier alpha value is -1.31. The summed E-state index contributed by atoms with van der Waals surface area (Å²) in [5.74, 6) is -2.65. The number of rotatable bonds is 3. The van der Waals surface area contributed by atoms with Gasteiger partial charge in [-0.05, 0) is 36.5 Å².